The van der Waals surface area contributed by atoms with Crippen molar-refractivity contribution in [2.75, 3.05) is 6.61 Å². The molecule has 1 fully saturated rings. The predicted molar refractivity (Wildman–Crippen MR) is 76.3 cm³/mol. The summed E-state index contributed by atoms with van der Waals surface area (Å²) in [6, 6.07) is 3.92. The van der Waals surface area contributed by atoms with E-state index in [0.29, 0.717) is 0 Å². The Morgan fingerprint density at radius 1 is 1.35 bits per heavy atom. The third-order valence-electron chi connectivity index (χ3n) is 3.89. The van der Waals surface area contributed by atoms with E-state index < -0.39 is 11.7 Å². The van der Waals surface area contributed by atoms with E-state index in [1.165, 1.54) is 12.1 Å². The van der Waals surface area contributed by atoms with Gasteiger partial charge < -0.3 is 10.4 Å². The minimum absolute atomic E-state index is 0.00432. The molecule has 2 N–H and O–H groups in total. The van der Waals surface area contributed by atoms with Crippen molar-refractivity contribution in [2.45, 2.75) is 38.1 Å². The highest BCUT2D eigenvalue weighted by Gasteiger charge is 2.25. The first-order valence-corrected chi connectivity index (χ1v) is 7.36. The van der Waals surface area contributed by atoms with E-state index in [4.69, 9.17) is 11.6 Å². The van der Waals surface area contributed by atoms with Crippen LogP contribution in [-0.2, 0) is 0 Å². The fourth-order valence-electron chi connectivity index (χ4n) is 2.71. The number of hydrogen-bond donors (Lipinski definition) is 2. The largest absolute Gasteiger partial charge is 0.396 e. The maximum Gasteiger partial charge on any atom is 0.254 e. The van der Waals surface area contributed by atoms with Crippen LogP contribution in [0.2, 0.25) is 5.02 Å². The van der Waals surface area contributed by atoms with E-state index in [1.54, 1.807) is 0 Å². The first kappa shape index (κ1) is 15.3. The monoisotopic (exact) mass is 299 g/mol. The van der Waals surface area contributed by atoms with Gasteiger partial charge in [-0.3, -0.25) is 4.79 Å². The summed E-state index contributed by atoms with van der Waals surface area (Å²) in [6.07, 6.45) is 4.91. The van der Waals surface area contributed by atoms with Crippen LogP contribution < -0.4 is 5.32 Å². The highest BCUT2D eigenvalue weighted by Crippen LogP contribution is 2.24. The topological polar surface area (TPSA) is 49.3 Å². The van der Waals surface area contributed by atoms with Crippen LogP contribution in [0.15, 0.2) is 18.2 Å². The van der Waals surface area contributed by atoms with Gasteiger partial charge in [0.25, 0.3) is 5.91 Å². The molecule has 0 radical (unpaired) electrons. The predicted octanol–water partition coefficient (Wildman–Crippen LogP) is 3.15. The van der Waals surface area contributed by atoms with Crippen molar-refractivity contribution in [2.24, 2.45) is 5.92 Å². The molecule has 0 spiro atoms. The number of rotatable bonds is 3. The van der Waals surface area contributed by atoms with Gasteiger partial charge in [0, 0.05) is 23.6 Å². The number of nitrogens with one attached hydrogen (secondary N) is 1. The first-order valence-electron chi connectivity index (χ1n) is 6.98. The quantitative estimate of drug-likeness (QED) is 0.842. The summed E-state index contributed by atoms with van der Waals surface area (Å²) in [5, 5.41) is 12.5. The lowest BCUT2D eigenvalue weighted by Crippen LogP contribution is -2.41. The average molecular weight is 300 g/mol. The maximum absolute atomic E-state index is 13.7. The molecule has 1 aliphatic rings. The molecule has 3 nitrogen and oxygen atoms in total. The van der Waals surface area contributed by atoms with Gasteiger partial charge in [0.05, 0.1) is 5.56 Å². The third kappa shape index (κ3) is 3.70. The van der Waals surface area contributed by atoms with Crippen LogP contribution in [-0.4, -0.2) is 23.7 Å². The van der Waals surface area contributed by atoms with Gasteiger partial charge in [0.15, 0.2) is 0 Å². The van der Waals surface area contributed by atoms with E-state index in [1.807, 2.05) is 0 Å². The second kappa shape index (κ2) is 7.04. The van der Waals surface area contributed by atoms with Crippen LogP contribution in [0.5, 0.6) is 0 Å². The van der Waals surface area contributed by atoms with Gasteiger partial charge in [-0.2, -0.15) is 0 Å². The first-order chi connectivity index (χ1) is 9.61. The average Bonchev–Trinajstić information content (AvgIpc) is 2.63. The van der Waals surface area contributed by atoms with Gasteiger partial charge >= 0.3 is 0 Å². The summed E-state index contributed by atoms with van der Waals surface area (Å²) in [6.45, 7) is 0.0496. The van der Waals surface area contributed by atoms with E-state index in [-0.39, 0.29) is 29.2 Å². The summed E-state index contributed by atoms with van der Waals surface area (Å²) in [5.41, 5.74) is -0.00432. The molecule has 2 rings (SSSR count). The van der Waals surface area contributed by atoms with Crippen LogP contribution in [0.4, 0.5) is 4.39 Å². The van der Waals surface area contributed by atoms with Crippen molar-refractivity contribution in [1.29, 1.82) is 0 Å². The van der Waals surface area contributed by atoms with Gasteiger partial charge in [0.1, 0.15) is 5.82 Å². The molecule has 5 heteroatoms. The van der Waals surface area contributed by atoms with Crippen molar-refractivity contribution in [3.8, 4) is 0 Å². The highest BCUT2D eigenvalue weighted by atomic mass is 35.5. The van der Waals surface area contributed by atoms with E-state index in [0.717, 1.165) is 38.2 Å². The van der Waals surface area contributed by atoms with Crippen LogP contribution >= 0.6 is 11.6 Å². The van der Waals surface area contributed by atoms with E-state index >= 15 is 0 Å². The molecule has 2 unspecified atom stereocenters. The number of benzene rings is 1. The normalized spacial score (nSPS) is 23.1. The van der Waals surface area contributed by atoms with Gasteiger partial charge in [-0.25, -0.2) is 4.39 Å². The molecule has 0 bridgehead atoms. The van der Waals surface area contributed by atoms with Crippen LogP contribution in [0.1, 0.15) is 42.5 Å². The maximum atomic E-state index is 13.7. The third-order valence-corrected chi connectivity index (χ3v) is 4.12. The van der Waals surface area contributed by atoms with Crippen molar-refractivity contribution in [1.82, 2.24) is 5.32 Å². The van der Waals surface area contributed by atoms with Crippen LogP contribution in [0.25, 0.3) is 0 Å². The Morgan fingerprint density at radius 3 is 2.80 bits per heavy atom. The second-order valence-electron chi connectivity index (χ2n) is 5.28. The summed E-state index contributed by atoms with van der Waals surface area (Å²) >= 11 is 5.68. The van der Waals surface area contributed by atoms with Crippen molar-refractivity contribution in [3.63, 3.8) is 0 Å². The lowest BCUT2D eigenvalue weighted by Gasteiger charge is -2.24. The molecule has 1 aliphatic carbocycles. The second-order valence-corrected chi connectivity index (χ2v) is 5.72. The molecular formula is C15H19ClFNO2. The molecule has 110 valence electrons. The smallest absolute Gasteiger partial charge is 0.254 e. The summed E-state index contributed by atoms with van der Waals surface area (Å²) < 4.78 is 13.7. The number of carbonyl (C=O) groups is 1. The molecule has 0 aliphatic heterocycles. The molecule has 2 atom stereocenters. The molecule has 0 heterocycles. The number of amides is 1. The Bertz CT molecular complexity index is 481. The number of halogens is 2. The molecule has 1 aromatic rings. The fraction of sp³-hybridized carbons (Fsp3) is 0.533. The number of aliphatic hydroxyl groups is 1. The molecule has 1 aromatic carbocycles. The van der Waals surface area contributed by atoms with Crippen molar-refractivity contribution in [3.05, 3.63) is 34.6 Å². The Morgan fingerprint density at radius 2 is 2.10 bits per heavy atom. The van der Waals surface area contributed by atoms with Gasteiger partial charge in [-0.15, -0.1) is 0 Å². The zero-order valence-corrected chi connectivity index (χ0v) is 12.0. The molecule has 0 saturated heterocycles. The molecule has 20 heavy (non-hydrogen) atoms. The number of aliphatic hydroxyl groups excluding tert-OH is 1. The standard InChI is InChI=1S/C15H19ClFNO2/c16-11-6-7-12(13(17)8-11)15(20)18-14-5-3-1-2-4-10(14)9-19/h6-8,10,14,19H,1-5,9H2,(H,18,20). The molecular weight excluding hydrogens is 281 g/mol. The minimum atomic E-state index is -0.621. The Hall–Kier alpha value is -1.13. The molecule has 1 saturated carbocycles. The fourth-order valence-corrected chi connectivity index (χ4v) is 2.87. The minimum Gasteiger partial charge on any atom is -0.396 e. The molecule has 1 amide bonds. The van der Waals surface area contributed by atoms with Crippen LogP contribution in [0, 0.1) is 11.7 Å². The van der Waals surface area contributed by atoms with E-state index in [9.17, 15) is 14.3 Å². The Labute approximate surface area is 123 Å². The van der Waals surface area contributed by atoms with Gasteiger partial charge in [-0.05, 0) is 31.0 Å². The number of carbonyl (C=O) groups excluding carboxylic acids is 1. The Balaban J connectivity index is 2.09. The van der Waals surface area contributed by atoms with Crippen LogP contribution in [0.3, 0.4) is 0 Å². The summed E-state index contributed by atoms with van der Waals surface area (Å²) in [7, 11) is 0. The summed E-state index contributed by atoms with van der Waals surface area (Å²) in [4.78, 5) is 12.1. The number of hydrogen-bond acceptors (Lipinski definition) is 2. The van der Waals surface area contributed by atoms with Gasteiger partial charge in [0.2, 0.25) is 0 Å². The lowest BCUT2D eigenvalue weighted by atomic mass is 9.95. The zero-order valence-electron chi connectivity index (χ0n) is 11.2. The Kier molecular flexibility index (Phi) is 5.38. The van der Waals surface area contributed by atoms with Crippen molar-refractivity contribution >= 4 is 17.5 Å². The lowest BCUT2D eigenvalue weighted by molar-refractivity contribution is 0.0895. The highest BCUT2D eigenvalue weighted by molar-refractivity contribution is 6.30. The van der Waals surface area contributed by atoms with E-state index in [2.05, 4.69) is 5.32 Å². The SMILES string of the molecule is O=C(NC1CCCCCC1CO)c1ccc(Cl)cc1F. The summed E-state index contributed by atoms with van der Waals surface area (Å²) in [5.74, 6) is -1.01. The molecule has 0 aromatic heterocycles. The van der Waals surface area contributed by atoms with Gasteiger partial charge in [-0.1, -0.05) is 30.9 Å². The van der Waals surface area contributed by atoms with Crippen molar-refractivity contribution < 1.29 is 14.3 Å². The zero-order chi connectivity index (χ0) is 14.5.